The lowest BCUT2D eigenvalue weighted by Crippen LogP contribution is -2.61. The van der Waals surface area contributed by atoms with Crippen molar-refractivity contribution in [3.63, 3.8) is 0 Å². The Morgan fingerprint density at radius 2 is 1.63 bits per heavy atom. The van der Waals surface area contributed by atoms with Gasteiger partial charge in [0.2, 0.25) is 5.43 Å². The van der Waals surface area contributed by atoms with Crippen LogP contribution in [0.25, 0.3) is 10.9 Å². The molecule has 1 aromatic heterocycles. The number of esters is 1. The van der Waals surface area contributed by atoms with E-state index in [0.29, 0.717) is 37.8 Å². The van der Waals surface area contributed by atoms with Crippen LogP contribution in [-0.4, -0.2) is 197 Å². The number of nitrogens with zero attached hydrogens (tertiary/aromatic N) is 3. The lowest BCUT2D eigenvalue weighted by atomic mass is 9.77. The van der Waals surface area contributed by atoms with Gasteiger partial charge in [-0.1, -0.05) is 26.8 Å². The predicted octanol–water partition coefficient (Wildman–Crippen LogP) is 4.92. The third-order valence-corrected chi connectivity index (χ3v) is 16.7. The molecule has 3 aliphatic heterocycles. The van der Waals surface area contributed by atoms with Gasteiger partial charge < -0.3 is 77.8 Å². The predicted molar refractivity (Wildman–Crippen MR) is 280 cm³/mol. The Hall–Kier alpha value is -3.15. The van der Waals surface area contributed by atoms with Gasteiger partial charge in [-0.2, -0.15) is 0 Å². The second-order valence-electron chi connectivity index (χ2n) is 23.4. The summed E-state index contributed by atoms with van der Waals surface area (Å²) in [6.45, 7) is 19.3. The molecule has 4 heterocycles. The number of ether oxygens (including phenoxy) is 8. The number of hydrogen-bond donors (Lipinski definition) is 5. The first kappa shape index (κ1) is 61.1. The van der Waals surface area contributed by atoms with Crippen molar-refractivity contribution in [1.29, 1.82) is 0 Å². The van der Waals surface area contributed by atoms with Gasteiger partial charge in [-0.3, -0.25) is 9.59 Å². The maximum Gasteiger partial charge on any atom is 0.341 e. The van der Waals surface area contributed by atoms with Crippen LogP contribution in [0.15, 0.2) is 29.2 Å². The largest absolute Gasteiger partial charge is 0.477 e. The highest BCUT2D eigenvalue weighted by atomic mass is 16.7. The minimum atomic E-state index is -1.84. The van der Waals surface area contributed by atoms with Crippen LogP contribution in [0.3, 0.4) is 0 Å². The topological polar surface area (TPSA) is 238 Å². The standard InChI is InChI=1S/C56H91N3O16/c1-15-43-56(10,67)48(62)35(6)58(13)29-31(2)27-54(8,66)49(75-53-46(61)42(57(11)12)25-32(3)71-53)33(4)47(34(5)52(65)73-43)74-44-28-55(9,68-14)50(36(7)72-44)70-24-23-69-22-16-17-37-18-21-41-39(26-37)45(60)40(51(63)64)30-59(41)38-19-20-38/h18,21,26,30-36,38,42-44,46-50,53,61-62,66-67H,15-17,19-20,22-25,27-29H2,1-14H3,(H,63,64)/t31-,32-,33+,34-,35-,36+,42+,43-,44?,46-,47+,48+,49-,50+,53+,54-,55-,56-/m1/s1. The van der Waals surface area contributed by atoms with E-state index >= 15 is 0 Å². The molecule has 0 amide bonds. The van der Waals surface area contributed by atoms with Crippen LogP contribution in [-0.2, 0) is 49.1 Å². The van der Waals surface area contributed by atoms with Gasteiger partial charge in [0.15, 0.2) is 12.6 Å². The van der Waals surface area contributed by atoms with Gasteiger partial charge >= 0.3 is 11.9 Å². The number of hydrogen-bond acceptors (Lipinski definition) is 17. The van der Waals surface area contributed by atoms with Gasteiger partial charge in [-0.25, -0.2) is 4.79 Å². The summed E-state index contributed by atoms with van der Waals surface area (Å²) in [6, 6.07) is 5.01. The number of cyclic esters (lactones) is 1. The van der Waals surface area contributed by atoms with E-state index in [1.54, 1.807) is 40.9 Å². The molecule has 19 nitrogen and oxygen atoms in total. The number of aromatic nitrogens is 1. The monoisotopic (exact) mass is 1060 g/mol. The van der Waals surface area contributed by atoms with Crippen molar-refractivity contribution in [2.45, 2.75) is 217 Å². The number of aliphatic hydroxyl groups is 4. The molecule has 3 saturated heterocycles. The molecule has 5 N–H and O–H groups in total. The molecule has 6 rings (SSSR count). The molecule has 75 heavy (non-hydrogen) atoms. The number of fused-ring (bicyclic) bond motifs is 1. The lowest BCUT2D eigenvalue weighted by molar-refractivity contribution is -0.321. The van der Waals surface area contributed by atoms with Crippen LogP contribution in [0.2, 0.25) is 0 Å². The van der Waals surface area contributed by atoms with Gasteiger partial charge in [0, 0.05) is 62.3 Å². The van der Waals surface area contributed by atoms with Crippen molar-refractivity contribution in [3.05, 3.63) is 45.7 Å². The van der Waals surface area contributed by atoms with E-state index in [-0.39, 0.29) is 62.1 Å². The first-order chi connectivity index (χ1) is 35.1. The van der Waals surface area contributed by atoms with E-state index in [4.69, 9.17) is 37.9 Å². The summed E-state index contributed by atoms with van der Waals surface area (Å²) in [7, 11) is 7.20. The highest BCUT2D eigenvalue weighted by Crippen LogP contribution is 2.41. The minimum absolute atomic E-state index is 0.171. The maximum atomic E-state index is 14.6. The van der Waals surface area contributed by atoms with Crippen LogP contribution in [0.5, 0.6) is 0 Å². The van der Waals surface area contributed by atoms with Crippen molar-refractivity contribution in [3.8, 4) is 0 Å². The Morgan fingerprint density at radius 1 is 0.933 bits per heavy atom. The van der Waals surface area contributed by atoms with Crippen LogP contribution in [0, 0.1) is 17.8 Å². The fraction of sp³-hybridized carbons (Fsp3) is 0.804. The van der Waals surface area contributed by atoms with Crippen LogP contribution in [0.4, 0.5) is 0 Å². The Kier molecular flexibility index (Phi) is 20.6. The average Bonchev–Trinajstić information content (AvgIpc) is 4.19. The van der Waals surface area contributed by atoms with Gasteiger partial charge in [0.05, 0.1) is 60.3 Å². The van der Waals surface area contributed by atoms with Crippen molar-refractivity contribution in [2.24, 2.45) is 17.8 Å². The van der Waals surface area contributed by atoms with Crippen LogP contribution < -0.4 is 5.43 Å². The molecule has 1 saturated carbocycles. The molecule has 426 valence electrons. The fourth-order valence-electron chi connectivity index (χ4n) is 12.1. The zero-order valence-electron chi connectivity index (χ0n) is 47.1. The molecule has 4 aliphatic rings. The third kappa shape index (κ3) is 14.2. The van der Waals surface area contributed by atoms with E-state index in [2.05, 4.69) is 0 Å². The van der Waals surface area contributed by atoms with Crippen molar-refractivity contribution in [1.82, 2.24) is 14.4 Å². The summed E-state index contributed by atoms with van der Waals surface area (Å²) >= 11 is 0. The molecule has 0 bridgehead atoms. The SMILES string of the molecule is CC[C@H]1OC(=O)[C@H](C)[C@@H](OC2C[C@@](C)(OC)[C@@H](OCCOCCCc3ccc4c(c3)c(=O)c(C(=O)O)cn4C3CC3)[C@H](C)O2)[C@H](C)[C@@H](O[C@@H]2O[C@H](C)C[C@H](N(C)C)[C@H]2O)[C@](C)(O)C[C@@H](C)CN(C)[C@H](C)[C@H](O)[C@]1(C)O. The second-order valence-corrected chi connectivity index (χ2v) is 23.4. The molecular weight excluding hydrogens is 971 g/mol. The van der Waals surface area contributed by atoms with E-state index in [9.17, 15) is 39.9 Å². The number of pyridine rings is 1. The molecule has 1 aliphatic carbocycles. The lowest BCUT2D eigenvalue weighted by Gasteiger charge is -2.49. The van der Waals surface area contributed by atoms with Crippen molar-refractivity contribution < 1.29 is 73.0 Å². The molecule has 1 unspecified atom stereocenters. The van der Waals surface area contributed by atoms with Crippen molar-refractivity contribution in [2.75, 3.05) is 54.6 Å². The third-order valence-electron chi connectivity index (χ3n) is 16.7. The Labute approximate surface area is 444 Å². The number of likely N-dealkylation sites (N-methyl/N-ethyl adjacent to an activating group) is 2. The number of aliphatic hydroxyl groups excluding tert-OH is 2. The summed E-state index contributed by atoms with van der Waals surface area (Å²) in [5, 5.41) is 58.2. The Morgan fingerprint density at radius 3 is 2.25 bits per heavy atom. The molecular formula is C56H91N3O16. The number of carboxylic acid groups (broad SMARTS) is 1. The number of methoxy groups -OCH3 is 1. The summed E-state index contributed by atoms with van der Waals surface area (Å²) < 4.78 is 53.4. The van der Waals surface area contributed by atoms with E-state index in [1.807, 2.05) is 82.3 Å². The number of aromatic carboxylic acids is 1. The van der Waals surface area contributed by atoms with E-state index in [1.165, 1.54) is 13.1 Å². The minimum Gasteiger partial charge on any atom is -0.477 e. The van der Waals surface area contributed by atoms with Gasteiger partial charge in [-0.15, -0.1) is 0 Å². The highest BCUT2D eigenvalue weighted by molar-refractivity contribution is 5.92. The number of aryl methyl sites for hydroxylation is 1. The van der Waals surface area contributed by atoms with Crippen LogP contribution in [0.1, 0.15) is 136 Å². The smallest absolute Gasteiger partial charge is 0.341 e. The molecule has 18 atom stereocenters. The Balaban J connectivity index is 1.18. The molecule has 1 aromatic carbocycles. The van der Waals surface area contributed by atoms with E-state index in [0.717, 1.165) is 23.9 Å². The number of benzene rings is 1. The summed E-state index contributed by atoms with van der Waals surface area (Å²) in [5.74, 6) is -3.95. The fourth-order valence-corrected chi connectivity index (χ4v) is 12.1. The van der Waals surface area contributed by atoms with Crippen LogP contribution >= 0.6 is 0 Å². The first-order valence-corrected chi connectivity index (χ1v) is 27.3. The van der Waals surface area contributed by atoms with Gasteiger partial charge in [0.25, 0.3) is 0 Å². The Bertz CT molecular complexity index is 2270. The molecule has 0 radical (unpaired) electrons. The normalized spacial score (nSPS) is 39.0. The zero-order valence-corrected chi connectivity index (χ0v) is 47.1. The maximum absolute atomic E-state index is 14.6. The quantitative estimate of drug-likeness (QED) is 0.104. The average molecular weight is 1060 g/mol. The number of rotatable bonds is 17. The van der Waals surface area contributed by atoms with Gasteiger partial charge in [-0.05, 0) is 138 Å². The molecule has 4 fully saturated rings. The van der Waals surface area contributed by atoms with Gasteiger partial charge in [0.1, 0.15) is 35.6 Å². The molecule has 0 spiro atoms. The summed E-state index contributed by atoms with van der Waals surface area (Å²) in [4.78, 5) is 43.4. The van der Waals surface area contributed by atoms with E-state index < -0.39 is 107 Å². The molecule has 19 heteroatoms. The summed E-state index contributed by atoms with van der Waals surface area (Å²) in [5.41, 5.74) is -3.44. The number of carbonyl (C=O) groups is 2. The number of carbonyl (C=O) groups excluding carboxylic acids is 1. The molecule has 2 aromatic rings. The van der Waals surface area contributed by atoms with Crippen molar-refractivity contribution >= 4 is 22.8 Å². The zero-order chi connectivity index (χ0) is 55.5. The number of carboxylic acids is 1. The second kappa shape index (κ2) is 25.3. The first-order valence-electron chi connectivity index (χ1n) is 27.3. The highest BCUT2D eigenvalue weighted by Gasteiger charge is 2.53. The summed E-state index contributed by atoms with van der Waals surface area (Å²) in [6.07, 6.45) is -3.40.